The minimum atomic E-state index is 0.592. The van der Waals surface area contributed by atoms with Crippen LogP contribution in [-0.4, -0.2) is 34.1 Å². The lowest BCUT2D eigenvalue weighted by atomic mass is 10.1. The van der Waals surface area contributed by atoms with E-state index in [4.69, 9.17) is 0 Å². The zero-order valence-corrected chi connectivity index (χ0v) is 10.9. The van der Waals surface area contributed by atoms with Gasteiger partial charge in [0.2, 0.25) is 5.95 Å². The molecule has 2 aromatic rings. The average molecular weight is 257 g/mol. The second-order valence-electron chi connectivity index (χ2n) is 4.91. The normalized spacial score (nSPS) is 16.7. The Hall–Kier alpha value is -1.88. The van der Waals surface area contributed by atoms with Crippen LogP contribution in [0, 0.1) is 0 Å². The second kappa shape index (κ2) is 5.84. The maximum absolute atomic E-state index is 4.30. The highest BCUT2D eigenvalue weighted by molar-refractivity contribution is 5.29. The number of aromatic amines is 1. The lowest BCUT2D eigenvalue weighted by molar-refractivity contribution is 0.411. The molecule has 0 radical (unpaired) electrons. The largest absolute Gasteiger partial charge is 0.367 e. The van der Waals surface area contributed by atoms with Crippen LogP contribution in [0.3, 0.4) is 0 Å². The third kappa shape index (κ3) is 3.12. The Morgan fingerprint density at radius 1 is 1.26 bits per heavy atom. The first kappa shape index (κ1) is 12.2. The summed E-state index contributed by atoms with van der Waals surface area (Å²) in [6, 6.07) is 4.56. The molecule has 1 fully saturated rings. The van der Waals surface area contributed by atoms with Gasteiger partial charge in [0.1, 0.15) is 0 Å². The maximum atomic E-state index is 4.30. The van der Waals surface area contributed by atoms with E-state index < -0.39 is 0 Å². The first-order valence-corrected chi connectivity index (χ1v) is 6.79. The summed E-state index contributed by atoms with van der Waals surface area (Å²) in [4.78, 5) is 13.9. The summed E-state index contributed by atoms with van der Waals surface area (Å²) in [6.45, 7) is 2.99. The number of piperidine rings is 1. The summed E-state index contributed by atoms with van der Waals surface area (Å²) >= 11 is 0. The number of rotatable bonds is 4. The zero-order chi connectivity index (χ0) is 12.9. The fraction of sp³-hybridized carbons (Fsp3) is 0.429. The Kier molecular flexibility index (Phi) is 3.74. The molecule has 3 rings (SSSR count). The molecule has 1 saturated heterocycles. The number of hydrogen-bond acceptors (Lipinski definition) is 4. The van der Waals surface area contributed by atoms with Gasteiger partial charge in [-0.1, -0.05) is 0 Å². The Morgan fingerprint density at radius 2 is 2.05 bits per heavy atom. The number of hydrogen-bond donors (Lipinski definition) is 2. The van der Waals surface area contributed by atoms with Crippen molar-refractivity contribution in [2.45, 2.75) is 25.4 Å². The maximum Gasteiger partial charge on any atom is 0.225 e. The van der Waals surface area contributed by atoms with Gasteiger partial charge in [0.25, 0.3) is 0 Å². The van der Waals surface area contributed by atoms with Gasteiger partial charge in [0, 0.05) is 50.5 Å². The molecule has 0 saturated carbocycles. The highest BCUT2D eigenvalue weighted by Crippen LogP contribution is 2.15. The second-order valence-corrected chi connectivity index (χ2v) is 4.91. The number of nitrogens with zero attached hydrogens (tertiary/aromatic N) is 3. The highest BCUT2D eigenvalue weighted by Gasteiger charge is 2.20. The van der Waals surface area contributed by atoms with Crippen molar-refractivity contribution in [3.05, 3.63) is 42.5 Å². The Morgan fingerprint density at radius 3 is 2.74 bits per heavy atom. The molecule has 0 aliphatic carbocycles. The summed E-state index contributed by atoms with van der Waals surface area (Å²) < 4.78 is 0. The van der Waals surface area contributed by atoms with E-state index >= 15 is 0 Å². The van der Waals surface area contributed by atoms with E-state index in [0.717, 1.165) is 38.4 Å². The molecule has 2 aromatic heterocycles. The fourth-order valence-electron chi connectivity index (χ4n) is 2.47. The highest BCUT2D eigenvalue weighted by atomic mass is 15.3. The number of H-pyrrole nitrogens is 1. The first-order valence-electron chi connectivity index (χ1n) is 6.79. The number of nitrogens with one attached hydrogen (secondary N) is 2. The lowest BCUT2D eigenvalue weighted by Crippen LogP contribution is -2.42. The Labute approximate surface area is 113 Å². The van der Waals surface area contributed by atoms with Crippen LogP contribution < -0.4 is 10.2 Å². The molecule has 0 bridgehead atoms. The molecular formula is C14H19N5. The quantitative estimate of drug-likeness (QED) is 0.873. The molecule has 1 aliphatic rings. The summed E-state index contributed by atoms with van der Waals surface area (Å²) in [5.74, 6) is 0.853. The van der Waals surface area contributed by atoms with Crippen LogP contribution in [0.4, 0.5) is 5.95 Å². The predicted molar refractivity (Wildman–Crippen MR) is 74.9 cm³/mol. The van der Waals surface area contributed by atoms with Crippen LogP contribution in [0.5, 0.6) is 0 Å². The van der Waals surface area contributed by atoms with Gasteiger partial charge in [-0.3, -0.25) is 0 Å². The van der Waals surface area contributed by atoms with Crippen LogP contribution in [-0.2, 0) is 6.54 Å². The van der Waals surface area contributed by atoms with Crippen LogP contribution in [0.25, 0.3) is 0 Å². The van der Waals surface area contributed by atoms with Crippen molar-refractivity contribution in [3.63, 3.8) is 0 Å². The van der Waals surface area contributed by atoms with Crippen molar-refractivity contribution in [1.82, 2.24) is 20.3 Å². The smallest absolute Gasteiger partial charge is 0.225 e. The molecular weight excluding hydrogens is 238 g/mol. The SMILES string of the molecule is c1cnc(N2CCC(NCc3cc[nH]c3)CC2)nc1. The molecule has 0 atom stereocenters. The third-order valence-corrected chi connectivity index (χ3v) is 3.59. The van der Waals surface area contributed by atoms with Crippen molar-refractivity contribution in [3.8, 4) is 0 Å². The molecule has 0 unspecified atom stereocenters. The summed E-state index contributed by atoms with van der Waals surface area (Å²) in [7, 11) is 0. The molecule has 0 spiro atoms. The van der Waals surface area contributed by atoms with Crippen molar-refractivity contribution in [1.29, 1.82) is 0 Å². The standard InChI is InChI=1S/C14H19N5/c1-5-16-14(17-6-1)19-8-3-13(4-9-19)18-11-12-2-7-15-10-12/h1-2,5-7,10,13,15,18H,3-4,8-9,11H2. The monoisotopic (exact) mass is 257 g/mol. The zero-order valence-electron chi connectivity index (χ0n) is 10.9. The molecule has 0 amide bonds. The number of anilines is 1. The van der Waals surface area contributed by atoms with Gasteiger partial charge in [0.15, 0.2) is 0 Å². The molecule has 1 aliphatic heterocycles. The lowest BCUT2D eigenvalue weighted by Gasteiger charge is -2.32. The van der Waals surface area contributed by atoms with E-state index in [0.29, 0.717) is 6.04 Å². The first-order chi connectivity index (χ1) is 9.42. The van der Waals surface area contributed by atoms with Gasteiger partial charge in [-0.2, -0.15) is 0 Å². The van der Waals surface area contributed by atoms with Gasteiger partial charge >= 0.3 is 0 Å². The molecule has 0 aromatic carbocycles. The van der Waals surface area contributed by atoms with Crippen LogP contribution in [0.2, 0.25) is 0 Å². The van der Waals surface area contributed by atoms with E-state index in [1.54, 1.807) is 12.4 Å². The van der Waals surface area contributed by atoms with Crippen LogP contribution in [0.15, 0.2) is 36.9 Å². The van der Waals surface area contributed by atoms with Crippen LogP contribution in [0.1, 0.15) is 18.4 Å². The molecule has 5 nitrogen and oxygen atoms in total. The van der Waals surface area contributed by atoms with E-state index in [1.807, 2.05) is 18.5 Å². The van der Waals surface area contributed by atoms with Gasteiger partial charge in [-0.25, -0.2) is 9.97 Å². The van der Waals surface area contributed by atoms with Crippen LogP contribution >= 0.6 is 0 Å². The minimum Gasteiger partial charge on any atom is -0.367 e. The van der Waals surface area contributed by atoms with Crippen molar-refractivity contribution >= 4 is 5.95 Å². The molecule has 5 heteroatoms. The van der Waals surface area contributed by atoms with Gasteiger partial charge in [0.05, 0.1) is 0 Å². The third-order valence-electron chi connectivity index (χ3n) is 3.59. The van der Waals surface area contributed by atoms with E-state index in [-0.39, 0.29) is 0 Å². The van der Waals surface area contributed by atoms with E-state index in [1.165, 1.54) is 5.56 Å². The van der Waals surface area contributed by atoms with Gasteiger partial charge in [-0.15, -0.1) is 0 Å². The topological polar surface area (TPSA) is 56.8 Å². The molecule has 2 N–H and O–H groups in total. The van der Waals surface area contributed by atoms with Crippen molar-refractivity contribution < 1.29 is 0 Å². The van der Waals surface area contributed by atoms with Gasteiger partial charge < -0.3 is 15.2 Å². The predicted octanol–water partition coefficient (Wildman–Crippen LogP) is 1.56. The summed E-state index contributed by atoms with van der Waals surface area (Å²) in [5, 5.41) is 3.61. The van der Waals surface area contributed by atoms with Crippen molar-refractivity contribution in [2.24, 2.45) is 0 Å². The Balaban J connectivity index is 1.47. The van der Waals surface area contributed by atoms with E-state index in [9.17, 15) is 0 Å². The molecule has 3 heterocycles. The average Bonchev–Trinajstić information content (AvgIpc) is 3.00. The van der Waals surface area contributed by atoms with E-state index in [2.05, 4.69) is 31.2 Å². The summed E-state index contributed by atoms with van der Waals surface area (Å²) in [5.41, 5.74) is 1.31. The Bertz CT molecular complexity index is 474. The number of aromatic nitrogens is 3. The fourth-order valence-corrected chi connectivity index (χ4v) is 2.47. The molecule has 19 heavy (non-hydrogen) atoms. The molecule has 100 valence electrons. The minimum absolute atomic E-state index is 0.592. The van der Waals surface area contributed by atoms with Gasteiger partial charge in [-0.05, 0) is 30.5 Å². The van der Waals surface area contributed by atoms with Crippen molar-refractivity contribution in [2.75, 3.05) is 18.0 Å². The summed E-state index contributed by atoms with van der Waals surface area (Å²) in [6.07, 6.45) is 9.90.